The van der Waals surface area contributed by atoms with Crippen molar-refractivity contribution in [1.82, 2.24) is 23.7 Å². The zero-order valence-electron chi connectivity index (χ0n) is 5.29. The third-order valence-corrected chi connectivity index (χ3v) is 4.35. The predicted octanol–water partition coefficient (Wildman–Crippen LogP) is 2.01. The molecule has 11 heavy (non-hydrogen) atoms. The van der Waals surface area contributed by atoms with E-state index in [-0.39, 0.29) is 0 Å². The highest BCUT2D eigenvalue weighted by Gasteiger charge is 2.07. The van der Waals surface area contributed by atoms with Crippen molar-refractivity contribution in [2.24, 2.45) is 0 Å². The summed E-state index contributed by atoms with van der Waals surface area (Å²) >= 11 is 0. The van der Waals surface area contributed by atoms with E-state index in [2.05, 4.69) is 23.7 Å². The molecule has 0 aliphatic carbocycles. The second-order valence-corrected chi connectivity index (χ2v) is 5.24. The summed E-state index contributed by atoms with van der Waals surface area (Å²) in [6.45, 7) is 0. The second kappa shape index (κ2) is 3.27. The van der Waals surface area contributed by atoms with Crippen molar-refractivity contribution in [3.63, 3.8) is 0 Å². The first-order valence-corrected chi connectivity index (χ1v) is 5.62. The normalized spacial score (nSPS) is 12.9. The second-order valence-electron chi connectivity index (χ2n) is 1.68. The first kappa shape index (κ1) is 7.17. The van der Waals surface area contributed by atoms with Crippen LogP contribution in [0.15, 0.2) is 12.3 Å². The van der Waals surface area contributed by atoms with Crippen molar-refractivity contribution in [1.29, 1.82) is 0 Å². The minimum atomic E-state index is -0.716. The number of aromatic nitrogens is 5. The number of hydrogen-bond acceptors (Lipinski definition) is 4. The van der Waals surface area contributed by atoms with E-state index in [1.54, 1.807) is 6.20 Å². The van der Waals surface area contributed by atoms with Crippen LogP contribution in [0.25, 0.3) is 5.44 Å². The Balaban J connectivity index is 2.46. The van der Waals surface area contributed by atoms with Gasteiger partial charge in [-0.15, -0.1) is 0 Å². The lowest BCUT2D eigenvalue weighted by molar-refractivity contribution is 1.11. The van der Waals surface area contributed by atoms with Crippen LogP contribution in [0.4, 0.5) is 0 Å². The molecule has 0 radical (unpaired) electrons. The molecule has 0 amide bonds. The number of nitrogens with one attached hydrogen (secondary N) is 1. The summed E-state index contributed by atoms with van der Waals surface area (Å²) in [4.78, 5) is 0. The molecule has 2 rings (SSSR count). The molecule has 8 heteroatoms. The summed E-state index contributed by atoms with van der Waals surface area (Å²) in [5, 5.41) is 6.68. The van der Waals surface area contributed by atoms with Crippen LogP contribution in [-0.2, 0) is 0 Å². The predicted molar refractivity (Wildman–Crippen MR) is 45.5 cm³/mol. The van der Waals surface area contributed by atoms with Gasteiger partial charge in [-0.3, -0.25) is 5.10 Å². The number of nitrogens with zero attached hydrogens (tertiary/aromatic N) is 4. The van der Waals surface area contributed by atoms with E-state index < -0.39 is 7.85 Å². The Hall–Kier alpha value is -0.490. The first-order valence-electron chi connectivity index (χ1n) is 2.78. The van der Waals surface area contributed by atoms with Gasteiger partial charge in [-0.2, -0.15) is 5.10 Å². The molecule has 0 atom stereocenters. The van der Waals surface area contributed by atoms with Crippen LogP contribution in [-0.4, -0.2) is 23.7 Å². The van der Waals surface area contributed by atoms with E-state index in [0.717, 1.165) is 22.5 Å². The van der Waals surface area contributed by atoms with Gasteiger partial charge in [-0.25, -0.2) is 0 Å². The molecule has 2 aromatic heterocycles. The highest BCUT2D eigenvalue weighted by atomic mass is 31.2. The topological polar surface area (TPSA) is 67.3 Å². The van der Waals surface area contributed by atoms with Gasteiger partial charge in [-0.1, -0.05) is 0 Å². The average Bonchev–Trinajstić information content (AvgIpc) is 2.58. The maximum absolute atomic E-state index is 4.20. The van der Waals surface area contributed by atoms with Gasteiger partial charge in [0, 0.05) is 6.07 Å². The van der Waals surface area contributed by atoms with Crippen molar-refractivity contribution in [3.8, 4) is 5.44 Å². The van der Waals surface area contributed by atoms with Crippen molar-refractivity contribution >= 4 is 24.9 Å². The van der Waals surface area contributed by atoms with Gasteiger partial charge in [0.15, 0.2) is 5.44 Å². The molecule has 0 saturated carbocycles. The van der Waals surface area contributed by atoms with Gasteiger partial charge in [0.05, 0.1) is 6.20 Å². The van der Waals surface area contributed by atoms with Gasteiger partial charge in [0.2, 0.25) is 0 Å². The molecular formula is C3H3N5P3+. The monoisotopic (exact) mass is 202 g/mol. The fraction of sp³-hybridized carbons (Fsp3) is 0. The molecule has 0 bridgehead atoms. The van der Waals surface area contributed by atoms with Crippen molar-refractivity contribution in [3.05, 3.63) is 12.3 Å². The minimum absolute atomic E-state index is 0.716. The fourth-order valence-corrected chi connectivity index (χ4v) is 3.87. The Morgan fingerprint density at radius 3 is 2.82 bits per heavy atom. The Kier molecular flexibility index (Phi) is 2.13. The number of rotatable bonds is 1. The molecule has 0 aromatic carbocycles. The number of H-pyrrole nitrogens is 1. The number of hydrogen-bond donors (Lipinski definition) is 1. The summed E-state index contributed by atoms with van der Waals surface area (Å²) in [7, 11) is 0.855. The smallest absolute Gasteiger partial charge is 0.260 e. The Morgan fingerprint density at radius 2 is 2.18 bits per heavy atom. The first-order chi connectivity index (χ1) is 5.47. The van der Waals surface area contributed by atoms with Crippen LogP contribution in [0.5, 0.6) is 0 Å². The zero-order valence-corrected chi connectivity index (χ0v) is 7.97. The third kappa shape index (κ3) is 1.57. The average molecular weight is 202 g/mol. The van der Waals surface area contributed by atoms with Crippen molar-refractivity contribution in [2.45, 2.75) is 0 Å². The third-order valence-electron chi connectivity index (χ3n) is 1.03. The molecule has 2 aromatic rings. The van der Waals surface area contributed by atoms with Gasteiger partial charge in [0.25, 0.3) is 7.85 Å². The molecule has 5 nitrogen and oxygen atoms in total. The molecule has 0 saturated heterocycles. The summed E-state index contributed by atoms with van der Waals surface area (Å²) in [6, 6.07) is 1.90. The van der Waals surface area contributed by atoms with Crippen molar-refractivity contribution in [2.75, 3.05) is 0 Å². The summed E-state index contributed by atoms with van der Waals surface area (Å²) in [5.41, 5.74) is 0.995. The van der Waals surface area contributed by atoms with E-state index >= 15 is 0 Å². The van der Waals surface area contributed by atoms with Crippen molar-refractivity contribution < 1.29 is 0 Å². The van der Waals surface area contributed by atoms with Gasteiger partial charge in [-0.05, 0) is 13.5 Å². The number of aromatic amines is 1. The van der Waals surface area contributed by atoms with Crippen LogP contribution in [0.2, 0.25) is 0 Å². The summed E-state index contributed by atoms with van der Waals surface area (Å²) in [6.07, 6.45) is 1.71. The molecule has 1 N–H and O–H groups in total. The lowest BCUT2D eigenvalue weighted by Gasteiger charge is -1.79. The van der Waals surface area contributed by atoms with Crippen LogP contribution in [0.3, 0.4) is 0 Å². The fourth-order valence-electron chi connectivity index (χ4n) is 0.604. The molecular weight excluding hydrogens is 199 g/mol. The maximum Gasteiger partial charge on any atom is 0.346 e. The van der Waals surface area contributed by atoms with Gasteiger partial charge < -0.3 is 0 Å². The molecule has 0 aliphatic heterocycles. The highest BCUT2D eigenvalue weighted by Crippen LogP contribution is 2.31. The Bertz CT molecular complexity index is 320. The highest BCUT2D eigenvalue weighted by molar-refractivity contribution is 7.58. The molecule has 0 fully saturated rings. The molecule has 0 spiro atoms. The molecule has 0 unspecified atom stereocenters. The van der Waals surface area contributed by atoms with E-state index in [1.807, 2.05) is 6.07 Å². The van der Waals surface area contributed by atoms with E-state index in [4.69, 9.17) is 0 Å². The zero-order chi connectivity index (χ0) is 7.52. The largest absolute Gasteiger partial charge is 0.346 e. The summed E-state index contributed by atoms with van der Waals surface area (Å²) in [5.74, 6) is 0. The standard InChI is InChI=1S/C3H3N5P3/c1-2-4-5-3(1)11-7-9-6-10-8-11/h1-2H,(H,4,5)/q+1. The van der Waals surface area contributed by atoms with Gasteiger partial charge in [0.1, 0.15) is 0 Å². The van der Waals surface area contributed by atoms with Crippen LogP contribution in [0, 0.1) is 0 Å². The van der Waals surface area contributed by atoms with Crippen LogP contribution < -0.4 is 0 Å². The molecule has 2 heterocycles. The van der Waals surface area contributed by atoms with E-state index in [9.17, 15) is 0 Å². The van der Waals surface area contributed by atoms with Gasteiger partial charge >= 0.3 is 17.0 Å². The quantitative estimate of drug-likeness (QED) is 0.767. The van der Waals surface area contributed by atoms with E-state index in [1.165, 1.54) is 0 Å². The maximum atomic E-state index is 4.20. The Labute approximate surface area is 67.0 Å². The minimum Gasteiger partial charge on any atom is -0.260 e. The molecule has 54 valence electrons. The lowest BCUT2D eigenvalue weighted by Crippen LogP contribution is -1.70. The summed E-state index contributed by atoms with van der Waals surface area (Å²) < 4.78 is 12.3. The Morgan fingerprint density at radius 1 is 1.36 bits per heavy atom. The van der Waals surface area contributed by atoms with Crippen LogP contribution in [0.1, 0.15) is 0 Å². The lowest BCUT2D eigenvalue weighted by atomic mass is 10.8. The van der Waals surface area contributed by atoms with Crippen LogP contribution >= 0.6 is 24.9 Å². The molecule has 0 aliphatic rings. The SMILES string of the molecule is c1cc(-[p+]2npnpn2)[nH]n1. The van der Waals surface area contributed by atoms with E-state index in [0.29, 0.717) is 0 Å².